The highest BCUT2D eigenvalue weighted by Crippen LogP contribution is 2.30. The molecule has 0 nitrogen and oxygen atoms in total. The number of rotatable bonds is 6. The van der Waals surface area contributed by atoms with Crippen molar-refractivity contribution in [3.05, 3.63) is 34.6 Å². The van der Waals surface area contributed by atoms with Crippen molar-refractivity contribution in [1.82, 2.24) is 0 Å². The van der Waals surface area contributed by atoms with E-state index in [1.807, 2.05) is 13.0 Å². The Morgan fingerprint density at radius 1 is 1.38 bits per heavy atom. The summed E-state index contributed by atoms with van der Waals surface area (Å²) in [6.45, 7) is 14.2. The number of allylic oxidation sites excluding steroid dienone is 4. The highest BCUT2D eigenvalue weighted by molar-refractivity contribution is 8.06. The van der Waals surface area contributed by atoms with Gasteiger partial charge >= 0.3 is 0 Å². The molecule has 0 heterocycles. The molecular formula is C12H20S. The van der Waals surface area contributed by atoms with Crippen molar-refractivity contribution in [2.75, 3.05) is 0 Å². The number of hydrogen-bond donors (Lipinski definition) is 0. The van der Waals surface area contributed by atoms with Crippen LogP contribution in [0.5, 0.6) is 0 Å². The number of hydrogen-bond acceptors (Lipinski definition) is 1. The van der Waals surface area contributed by atoms with Crippen LogP contribution in [0.3, 0.4) is 0 Å². The van der Waals surface area contributed by atoms with Gasteiger partial charge in [0.1, 0.15) is 0 Å². The van der Waals surface area contributed by atoms with Gasteiger partial charge in [0.25, 0.3) is 0 Å². The zero-order chi connectivity index (χ0) is 10.3. The van der Waals surface area contributed by atoms with Crippen molar-refractivity contribution in [2.45, 2.75) is 40.0 Å². The lowest BCUT2D eigenvalue weighted by Crippen LogP contribution is -1.84. The molecule has 0 bridgehead atoms. The Hall–Kier alpha value is -0.430. The van der Waals surface area contributed by atoms with Crippen LogP contribution in [0.2, 0.25) is 0 Å². The standard InChI is InChI=1S/C12H20S/c1-6-8-11(5)12(9-7-2)13-10(3)4/h7H,2-3,6,8-9H2,1,4-5H3/b12-11+. The summed E-state index contributed by atoms with van der Waals surface area (Å²) in [5.41, 5.74) is 1.48. The zero-order valence-electron chi connectivity index (χ0n) is 9.02. The SMILES string of the molecule is C=CC/C(SC(=C)C)=C(/C)CCC. The van der Waals surface area contributed by atoms with E-state index in [9.17, 15) is 0 Å². The second-order valence-electron chi connectivity index (χ2n) is 3.25. The molecule has 0 aliphatic heterocycles. The third kappa shape index (κ3) is 5.75. The molecule has 13 heavy (non-hydrogen) atoms. The number of thioether (sulfide) groups is 1. The van der Waals surface area contributed by atoms with Crippen LogP contribution in [-0.2, 0) is 0 Å². The molecule has 0 N–H and O–H groups in total. The summed E-state index contributed by atoms with van der Waals surface area (Å²) in [6, 6.07) is 0. The maximum absolute atomic E-state index is 3.91. The van der Waals surface area contributed by atoms with Crippen LogP contribution >= 0.6 is 11.8 Å². The quantitative estimate of drug-likeness (QED) is 0.544. The molecule has 0 fully saturated rings. The molecule has 0 aromatic carbocycles. The van der Waals surface area contributed by atoms with Gasteiger partial charge < -0.3 is 0 Å². The third-order valence-electron chi connectivity index (χ3n) is 1.73. The lowest BCUT2D eigenvalue weighted by atomic mass is 10.1. The van der Waals surface area contributed by atoms with Gasteiger partial charge in [0.05, 0.1) is 0 Å². The second-order valence-corrected chi connectivity index (χ2v) is 4.64. The van der Waals surface area contributed by atoms with Crippen LogP contribution in [0.4, 0.5) is 0 Å². The molecular weight excluding hydrogens is 176 g/mol. The van der Waals surface area contributed by atoms with Gasteiger partial charge in [0, 0.05) is 0 Å². The molecule has 0 aliphatic carbocycles. The molecule has 74 valence electrons. The fraction of sp³-hybridized carbons (Fsp3) is 0.500. The fourth-order valence-electron chi connectivity index (χ4n) is 1.16. The van der Waals surface area contributed by atoms with Crippen LogP contribution in [0.15, 0.2) is 34.6 Å². The normalized spacial score (nSPS) is 12.2. The predicted octanol–water partition coefficient (Wildman–Crippen LogP) is 4.90. The van der Waals surface area contributed by atoms with Crippen LogP contribution in [-0.4, -0.2) is 0 Å². The molecule has 0 rings (SSSR count). The first-order valence-electron chi connectivity index (χ1n) is 4.74. The Morgan fingerprint density at radius 2 is 2.00 bits per heavy atom. The molecule has 1 heteroatoms. The Morgan fingerprint density at radius 3 is 2.38 bits per heavy atom. The van der Waals surface area contributed by atoms with E-state index in [1.165, 1.54) is 23.3 Å². The van der Waals surface area contributed by atoms with E-state index in [0.717, 1.165) is 11.3 Å². The van der Waals surface area contributed by atoms with E-state index in [4.69, 9.17) is 0 Å². The molecule has 0 aromatic rings. The van der Waals surface area contributed by atoms with Gasteiger partial charge in [0.15, 0.2) is 0 Å². The average Bonchev–Trinajstić information content (AvgIpc) is 2.03. The Kier molecular flexibility index (Phi) is 6.79. The van der Waals surface area contributed by atoms with Gasteiger partial charge in [-0.25, -0.2) is 0 Å². The van der Waals surface area contributed by atoms with E-state index in [1.54, 1.807) is 11.8 Å². The van der Waals surface area contributed by atoms with E-state index in [2.05, 4.69) is 27.0 Å². The Bertz CT molecular complexity index is 211. The van der Waals surface area contributed by atoms with Crippen molar-refractivity contribution in [1.29, 1.82) is 0 Å². The van der Waals surface area contributed by atoms with Crippen LogP contribution in [0, 0.1) is 0 Å². The first-order chi connectivity index (χ1) is 6.11. The largest absolute Gasteiger partial charge is 0.103 e. The first-order valence-corrected chi connectivity index (χ1v) is 5.56. The maximum Gasteiger partial charge on any atom is -0.00371 e. The van der Waals surface area contributed by atoms with E-state index >= 15 is 0 Å². The lowest BCUT2D eigenvalue weighted by molar-refractivity contribution is 0.896. The summed E-state index contributed by atoms with van der Waals surface area (Å²) in [5, 5.41) is 0. The molecule has 0 saturated heterocycles. The highest BCUT2D eigenvalue weighted by Gasteiger charge is 2.01. The highest BCUT2D eigenvalue weighted by atomic mass is 32.2. The summed E-state index contributed by atoms with van der Waals surface area (Å²) >= 11 is 1.79. The molecule has 0 aromatic heterocycles. The molecule has 0 unspecified atom stereocenters. The molecule has 0 amide bonds. The van der Waals surface area contributed by atoms with Crippen LogP contribution in [0.25, 0.3) is 0 Å². The van der Waals surface area contributed by atoms with Crippen molar-refractivity contribution >= 4 is 11.8 Å². The summed E-state index contributed by atoms with van der Waals surface area (Å²) in [6.07, 6.45) is 5.33. The van der Waals surface area contributed by atoms with Crippen LogP contribution in [0.1, 0.15) is 40.0 Å². The first kappa shape index (κ1) is 12.6. The van der Waals surface area contributed by atoms with Gasteiger partial charge in [-0.15, -0.1) is 6.58 Å². The summed E-state index contributed by atoms with van der Waals surface area (Å²) in [7, 11) is 0. The van der Waals surface area contributed by atoms with Gasteiger partial charge in [-0.3, -0.25) is 0 Å². The monoisotopic (exact) mass is 196 g/mol. The van der Waals surface area contributed by atoms with Crippen molar-refractivity contribution < 1.29 is 0 Å². The minimum absolute atomic E-state index is 0.976. The molecule has 0 spiro atoms. The topological polar surface area (TPSA) is 0 Å². The third-order valence-corrected chi connectivity index (χ3v) is 2.84. The average molecular weight is 196 g/mol. The smallest absolute Gasteiger partial charge is 0.00371 e. The van der Waals surface area contributed by atoms with Crippen molar-refractivity contribution in [3.63, 3.8) is 0 Å². The molecule has 0 radical (unpaired) electrons. The summed E-state index contributed by atoms with van der Waals surface area (Å²) in [5.74, 6) is 0. The van der Waals surface area contributed by atoms with E-state index < -0.39 is 0 Å². The van der Waals surface area contributed by atoms with Crippen molar-refractivity contribution in [3.8, 4) is 0 Å². The minimum Gasteiger partial charge on any atom is -0.103 e. The second kappa shape index (κ2) is 7.02. The molecule has 0 saturated carbocycles. The van der Waals surface area contributed by atoms with Gasteiger partial charge in [-0.1, -0.05) is 43.3 Å². The predicted molar refractivity (Wildman–Crippen MR) is 64.8 cm³/mol. The maximum atomic E-state index is 3.91. The Balaban J connectivity index is 4.44. The Labute approximate surface area is 86.8 Å². The van der Waals surface area contributed by atoms with E-state index in [0.29, 0.717) is 0 Å². The lowest BCUT2D eigenvalue weighted by Gasteiger charge is -2.09. The van der Waals surface area contributed by atoms with Gasteiger partial charge in [0.2, 0.25) is 0 Å². The summed E-state index contributed by atoms with van der Waals surface area (Å²) in [4.78, 5) is 2.58. The molecule has 0 atom stereocenters. The van der Waals surface area contributed by atoms with Crippen LogP contribution < -0.4 is 0 Å². The molecule has 0 aliphatic rings. The van der Waals surface area contributed by atoms with Gasteiger partial charge in [-0.2, -0.15) is 0 Å². The zero-order valence-corrected chi connectivity index (χ0v) is 9.84. The minimum atomic E-state index is 0.976. The fourth-order valence-corrected chi connectivity index (χ4v) is 2.06. The van der Waals surface area contributed by atoms with Gasteiger partial charge in [-0.05, 0) is 36.5 Å². The van der Waals surface area contributed by atoms with E-state index in [-0.39, 0.29) is 0 Å². The van der Waals surface area contributed by atoms with Crippen molar-refractivity contribution in [2.24, 2.45) is 0 Å². The summed E-state index contributed by atoms with van der Waals surface area (Å²) < 4.78 is 0.